The molecule has 5 aliphatic rings. The molecule has 2 heteroatoms. The molecule has 2 nitrogen and oxygen atoms in total. The number of rotatable bonds is 8. The molecule has 0 atom stereocenters. The molecule has 0 radical (unpaired) electrons. The fraction of sp³-hybridized carbons (Fsp3) is 0.941. The fourth-order valence-electron chi connectivity index (χ4n) is 8.81. The van der Waals surface area contributed by atoms with Crippen molar-refractivity contribution in [3.05, 3.63) is 11.6 Å². The monoisotopic (exact) mass is 498 g/mol. The van der Waals surface area contributed by atoms with Gasteiger partial charge in [0.25, 0.3) is 0 Å². The minimum atomic E-state index is 0.0276. The molecule has 5 rings (SSSR count). The van der Waals surface area contributed by atoms with Crippen molar-refractivity contribution in [3.63, 3.8) is 0 Å². The van der Waals surface area contributed by atoms with Crippen molar-refractivity contribution in [1.29, 1.82) is 0 Å². The van der Waals surface area contributed by atoms with E-state index in [1.54, 1.807) is 56.9 Å². The highest BCUT2D eigenvalue weighted by Crippen LogP contribution is 2.43. The molecule has 206 valence electrons. The summed E-state index contributed by atoms with van der Waals surface area (Å²) in [5.74, 6) is 7.33. The summed E-state index contributed by atoms with van der Waals surface area (Å²) in [5.41, 5.74) is 1.68. The number of hydrogen-bond acceptors (Lipinski definition) is 2. The topological polar surface area (TPSA) is 18.5 Å². The van der Waals surface area contributed by atoms with E-state index >= 15 is 0 Å². The van der Waals surface area contributed by atoms with E-state index < -0.39 is 0 Å². The average molecular weight is 499 g/mol. The van der Waals surface area contributed by atoms with Gasteiger partial charge in [0.1, 0.15) is 0 Å². The lowest BCUT2D eigenvalue weighted by Gasteiger charge is -2.37. The Labute approximate surface area is 223 Å². The van der Waals surface area contributed by atoms with Crippen molar-refractivity contribution < 1.29 is 9.47 Å². The van der Waals surface area contributed by atoms with Crippen molar-refractivity contribution in [3.8, 4) is 0 Å². The number of ether oxygens (including phenoxy) is 2. The van der Waals surface area contributed by atoms with Gasteiger partial charge < -0.3 is 9.47 Å². The molecule has 0 spiro atoms. The summed E-state index contributed by atoms with van der Waals surface area (Å²) in [4.78, 5) is 0. The molecule has 5 fully saturated rings. The molecular formula is C34H58O2. The van der Waals surface area contributed by atoms with Crippen LogP contribution in [0.5, 0.6) is 0 Å². The third kappa shape index (κ3) is 8.59. The van der Waals surface area contributed by atoms with Crippen molar-refractivity contribution >= 4 is 0 Å². The molecule has 0 aromatic rings. The van der Waals surface area contributed by atoms with Gasteiger partial charge in [-0.15, -0.1) is 0 Å². The first-order valence-corrected chi connectivity index (χ1v) is 16.6. The maximum atomic E-state index is 5.72. The zero-order valence-corrected chi connectivity index (χ0v) is 23.8. The number of allylic oxidation sites excluding steroid dienone is 1. The van der Waals surface area contributed by atoms with Crippen molar-refractivity contribution in [2.45, 2.75) is 148 Å². The third-order valence-electron chi connectivity index (χ3n) is 11.3. The molecule has 0 amide bonds. The molecule has 0 bridgehead atoms. The Bertz CT molecular complexity index is 630. The van der Waals surface area contributed by atoms with Crippen LogP contribution in [0.25, 0.3) is 0 Å². The molecule has 1 heterocycles. The van der Waals surface area contributed by atoms with Crippen LogP contribution in [-0.2, 0) is 9.47 Å². The van der Waals surface area contributed by atoms with Gasteiger partial charge in [0.15, 0.2) is 6.29 Å². The highest BCUT2D eigenvalue weighted by Gasteiger charge is 2.30. The Kier molecular flexibility index (Phi) is 10.7. The summed E-state index contributed by atoms with van der Waals surface area (Å²) < 4.78 is 11.4. The van der Waals surface area contributed by atoms with Gasteiger partial charge in [-0.05, 0) is 92.8 Å². The van der Waals surface area contributed by atoms with Crippen LogP contribution in [0.2, 0.25) is 0 Å². The predicted molar refractivity (Wildman–Crippen MR) is 151 cm³/mol. The zero-order chi connectivity index (χ0) is 24.6. The van der Waals surface area contributed by atoms with Crippen molar-refractivity contribution in [2.24, 2.45) is 41.4 Å². The minimum absolute atomic E-state index is 0.0276. The van der Waals surface area contributed by atoms with Crippen molar-refractivity contribution in [1.82, 2.24) is 0 Å². The second-order valence-corrected chi connectivity index (χ2v) is 14.2. The summed E-state index contributed by atoms with van der Waals surface area (Å²) in [5, 5.41) is 0. The molecular weight excluding hydrogens is 440 g/mol. The molecule has 4 aliphatic carbocycles. The smallest absolute Gasteiger partial charge is 0.160 e. The molecule has 36 heavy (non-hydrogen) atoms. The lowest BCUT2D eigenvalue weighted by Crippen LogP contribution is -2.24. The Morgan fingerprint density at radius 2 is 0.944 bits per heavy atom. The summed E-state index contributed by atoms with van der Waals surface area (Å²) in [6.45, 7) is 4.21. The second kappa shape index (κ2) is 14.2. The van der Waals surface area contributed by atoms with E-state index in [1.807, 2.05) is 0 Å². The molecule has 0 aromatic heterocycles. The largest absolute Gasteiger partial charge is 0.352 e. The van der Waals surface area contributed by atoms with E-state index in [2.05, 4.69) is 13.0 Å². The third-order valence-corrected chi connectivity index (χ3v) is 11.3. The Balaban J connectivity index is 0.919. The van der Waals surface area contributed by atoms with Crippen LogP contribution in [0.1, 0.15) is 142 Å². The summed E-state index contributed by atoms with van der Waals surface area (Å²) >= 11 is 0. The molecule has 1 saturated heterocycles. The van der Waals surface area contributed by atoms with Gasteiger partial charge in [0.2, 0.25) is 0 Å². The second-order valence-electron chi connectivity index (χ2n) is 14.2. The van der Waals surface area contributed by atoms with E-state index in [-0.39, 0.29) is 6.29 Å². The minimum Gasteiger partial charge on any atom is -0.352 e. The van der Waals surface area contributed by atoms with Crippen LogP contribution in [0.15, 0.2) is 11.6 Å². The first-order chi connectivity index (χ1) is 17.7. The van der Waals surface area contributed by atoms with E-state index in [0.717, 1.165) is 67.5 Å². The molecule has 1 aliphatic heterocycles. The van der Waals surface area contributed by atoms with Gasteiger partial charge in [-0.2, -0.15) is 0 Å². The Hall–Kier alpha value is -0.340. The maximum Gasteiger partial charge on any atom is 0.160 e. The highest BCUT2D eigenvalue weighted by molar-refractivity contribution is 5.05. The van der Waals surface area contributed by atoms with Crippen LogP contribution >= 0.6 is 0 Å². The fourth-order valence-corrected chi connectivity index (χ4v) is 8.81. The zero-order valence-electron chi connectivity index (χ0n) is 23.8. The first kappa shape index (κ1) is 27.2. The quantitative estimate of drug-likeness (QED) is 0.310. The van der Waals surface area contributed by atoms with Gasteiger partial charge >= 0.3 is 0 Å². The SMILES string of the molecule is CC1CCC(CC2CCC(CC3CCC(CC4CCC(=CCC5OCCCO5)CC4)CC3)CC2)CC1. The molecule has 4 saturated carbocycles. The standard InChI is InChI=1S/C34H58O2/c1-26-3-5-28(6-4-26)23-30-11-13-32(14-12-30)25-33-17-15-31(16-18-33)24-29-9-7-27(8-10-29)19-20-34-35-21-2-22-36-34/h19,26,28-34H,2-18,20-25H2,1H3. The Morgan fingerprint density at radius 1 is 0.556 bits per heavy atom. The van der Waals surface area contributed by atoms with Gasteiger partial charge in [0.05, 0.1) is 13.2 Å². The highest BCUT2D eigenvalue weighted by atomic mass is 16.7. The van der Waals surface area contributed by atoms with Crippen molar-refractivity contribution in [2.75, 3.05) is 13.2 Å². The molecule has 0 aromatic carbocycles. The summed E-state index contributed by atoms with van der Waals surface area (Å²) in [6.07, 6.45) is 33.2. The van der Waals surface area contributed by atoms with Crippen LogP contribution in [0.3, 0.4) is 0 Å². The normalized spacial score (nSPS) is 39.1. The average Bonchev–Trinajstić information content (AvgIpc) is 2.92. The van der Waals surface area contributed by atoms with Gasteiger partial charge in [0, 0.05) is 6.42 Å². The maximum absolute atomic E-state index is 5.72. The summed E-state index contributed by atoms with van der Waals surface area (Å²) in [6, 6.07) is 0. The van der Waals surface area contributed by atoms with E-state index in [4.69, 9.17) is 9.47 Å². The van der Waals surface area contributed by atoms with E-state index in [9.17, 15) is 0 Å². The molecule has 0 unspecified atom stereocenters. The van der Waals surface area contributed by atoms with Crippen LogP contribution in [0.4, 0.5) is 0 Å². The first-order valence-electron chi connectivity index (χ1n) is 16.6. The number of hydrogen-bond donors (Lipinski definition) is 0. The predicted octanol–water partition coefficient (Wildman–Crippen LogP) is 9.87. The van der Waals surface area contributed by atoms with E-state index in [1.165, 1.54) is 70.6 Å². The lowest BCUT2D eigenvalue weighted by molar-refractivity contribution is -0.175. The molecule has 0 N–H and O–H groups in total. The summed E-state index contributed by atoms with van der Waals surface area (Å²) in [7, 11) is 0. The van der Waals surface area contributed by atoms with E-state index in [0.29, 0.717) is 0 Å². The van der Waals surface area contributed by atoms with Crippen LogP contribution in [0, 0.1) is 41.4 Å². The van der Waals surface area contributed by atoms with Crippen LogP contribution < -0.4 is 0 Å². The van der Waals surface area contributed by atoms with Gasteiger partial charge in [-0.1, -0.05) is 95.6 Å². The lowest BCUT2D eigenvalue weighted by atomic mass is 9.69. The van der Waals surface area contributed by atoms with Gasteiger partial charge in [-0.3, -0.25) is 0 Å². The Morgan fingerprint density at radius 3 is 1.39 bits per heavy atom. The van der Waals surface area contributed by atoms with Gasteiger partial charge in [-0.25, -0.2) is 0 Å². The van der Waals surface area contributed by atoms with Crippen LogP contribution in [-0.4, -0.2) is 19.5 Å².